The van der Waals surface area contributed by atoms with Gasteiger partial charge in [0.2, 0.25) is 0 Å². The lowest BCUT2D eigenvalue weighted by Gasteiger charge is -2.10. The van der Waals surface area contributed by atoms with E-state index in [2.05, 4.69) is 43.3 Å². The molecule has 0 aliphatic heterocycles. The van der Waals surface area contributed by atoms with Crippen LogP contribution in [-0.4, -0.2) is 32.1 Å². The Labute approximate surface area is 167 Å². The van der Waals surface area contributed by atoms with Gasteiger partial charge in [0, 0.05) is 23.7 Å². The predicted molar refractivity (Wildman–Crippen MR) is 112 cm³/mol. The second-order valence-electron chi connectivity index (χ2n) is 6.10. The van der Waals surface area contributed by atoms with Gasteiger partial charge in [-0.25, -0.2) is 9.98 Å². The van der Waals surface area contributed by atoms with E-state index in [0.717, 1.165) is 40.2 Å². The van der Waals surface area contributed by atoms with Gasteiger partial charge in [0.05, 0.1) is 18.8 Å². The molecule has 142 valence electrons. The maximum Gasteiger partial charge on any atom is 0.192 e. The molecule has 0 radical (unpaired) electrons. The number of nitrogens with one attached hydrogen (secondary N) is 2. The maximum absolute atomic E-state index is 4.69. The molecule has 0 unspecified atom stereocenters. The monoisotopic (exact) mass is 391 g/mol. The summed E-state index contributed by atoms with van der Waals surface area (Å²) in [4.78, 5) is 9.34. The van der Waals surface area contributed by atoms with Crippen molar-refractivity contribution in [2.75, 3.05) is 6.54 Å². The first-order valence-corrected chi connectivity index (χ1v) is 10.0. The van der Waals surface area contributed by atoms with E-state index in [1.807, 2.05) is 53.9 Å². The highest BCUT2D eigenvalue weighted by atomic mass is 32.1. The zero-order chi connectivity index (χ0) is 19.2. The van der Waals surface area contributed by atoms with Gasteiger partial charge in [-0.2, -0.15) is 0 Å². The summed E-state index contributed by atoms with van der Waals surface area (Å²) >= 11 is 1.64. The highest BCUT2D eigenvalue weighted by Gasteiger charge is 2.07. The van der Waals surface area contributed by atoms with Crippen LogP contribution < -0.4 is 10.6 Å². The Bertz CT molecular complexity index is 1070. The standard InChI is InChI=1S/C20H21N7S/c1-2-21-20(23-13-18-26-25-17-10-6-7-11-27(17)18)22-12-16-14-28-19(24-16)15-8-4-3-5-9-15/h3-11,14H,2,12-13H2,1H3,(H2,21,22,23). The minimum atomic E-state index is 0.513. The molecule has 0 fully saturated rings. The molecule has 3 heterocycles. The van der Waals surface area contributed by atoms with Crippen molar-refractivity contribution in [1.29, 1.82) is 0 Å². The molecule has 7 nitrogen and oxygen atoms in total. The van der Waals surface area contributed by atoms with E-state index >= 15 is 0 Å². The van der Waals surface area contributed by atoms with Crippen LogP contribution in [0.5, 0.6) is 0 Å². The molecule has 0 spiro atoms. The van der Waals surface area contributed by atoms with Crippen LogP contribution in [0.1, 0.15) is 18.4 Å². The predicted octanol–water partition coefficient (Wildman–Crippen LogP) is 3.11. The summed E-state index contributed by atoms with van der Waals surface area (Å²) in [6, 6.07) is 16.0. The minimum Gasteiger partial charge on any atom is -0.357 e. The summed E-state index contributed by atoms with van der Waals surface area (Å²) in [5.41, 5.74) is 2.91. The van der Waals surface area contributed by atoms with E-state index in [-0.39, 0.29) is 0 Å². The largest absolute Gasteiger partial charge is 0.357 e. The van der Waals surface area contributed by atoms with Crippen molar-refractivity contribution in [2.45, 2.75) is 20.0 Å². The van der Waals surface area contributed by atoms with Crippen LogP contribution in [0.4, 0.5) is 0 Å². The first-order valence-electron chi connectivity index (χ1n) is 9.14. The third-order valence-electron chi connectivity index (χ3n) is 4.11. The normalized spacial score (nSPS) is 11.7. The molecule has 28 heavy (non-hydrogen) atoms. The van der Waals surface area contributed by atoms with Gasteiger partial charge >= 0.3 is 0 Å². The summed E-state index contributed by atoms with van der Waals surface area (Å²) < 4.78 is 1.96. The Morgan fingerprint density at radius 1 is 1.07 bits per heavy atom. The molecule has 0 atom stereocenters. The van der Waals surface area contributed by atoms with Gasteiger partial charge in [-0.05, 0) is 19.1 Å². The average molecular weight is 392 g/mol. The molecule has 3 aromatic heterocycles. The number of hydrogen-bond donors (Lipinski definition) is 2. The molecule has 0 aliphatic rings. The van der Waals surface area contributed by atoms with Crippen LogP contribution in [0.15, 0.2) is 65.1 Å². The Hall–Kier alpha value is -3.26. The van der Waals surface area contributed by atoms with Crippen molar-refractivity contribution in [2.24, 2.45) is 4.99 Å². The number of fused-ring (bicyclic) bond motifs is 1. The smallest absolute Gasteiger partial charge is 0.192 e. The van der Waals surface area contributed by atoms with Gasteiger partial charge < -0.3 is 10.6 Å². The minimum absolute atomic E-state index is 0.513. The number of rotatable bonds is 6. The van der Waals surface area contributed by atoms with Crippen LogP contribution in [0.25, 0.3) is 16.2 Å². The molecule has 0 aliphatic carbocycles. The number of guanidine groups is 1. The lowest BCUT2D eigenvalue weighted by atomic mass is 10.2. The maximum atomic E-state index is 4.69. The third kappa shape index (κ3) is 4.17. The van der Waals surface area contributed by atoms with Gasteiger partial charge in [-0.1, -0.05) is 36.4 Å². The first kappa shape index (κ1) is 18.1. The summed E-state index contributed by atoms with van der Waals surface area (Å²) in [6.45, 7) is 3.86. The highest BCUT2D eigenvalue weighted by Crippen LogP contribution is 2.23. The Morgan fingerprint density at radius 3 is 2.79 bits per heavy atom. The average Bonchev–Trinajstić information content (AvgIpc) is 3.38. The Kier molecular flexibility index (Phi) is 5.58. The Balaban J connectivity index is 1.43. The number of benzene rings is 1. The van der Waals surface area contributed by atoms with E-state index in [9.17, 15) is 0 Å². The van der Waals surface area contributed by atoms with Crippen molar-refractivity contribution in [1.82, 2.24) is 30.2 Å². The van der Waals surface area contributed by atoms with Crippen molar-refractivity contribution in [3.05, 3.63) is 71.6 Å². The molecule has 0 bridgehead atoms. The van der Waals surface area contributed by atoms with Crippen LogP contribution >= 0.6 is 11.3 Å². The number of thiazole rings is 1. The molecule has 8 heteroatoms. The number of hydrogen-bond acceptors (Lipinski definition) is 5. The lowest BCUT2D eigenvalue weighted by molar-refractivity contribution is 0.764. The van der Waals surface area contributed by atoms with Crippen molar-refractivity contribution < 1.29 is 0 Å². The second kappa shape index (κ2) is 8.62. The fourth-order valence-corrected chi connectivity index (χ4v) is 3.59. The van der Waals surface area contributed by atoms with E-state index < -0.39 is 0 Å². The van der Waals surface area contributed by atoms with Crippen LogP contribution in [0, 0.1) is 0 Å². The van der Waals surface area contributed by atoms with Crippen LogP contribution in [0.2, 0.25) is 0 Å². The Morgan fingerprint density at radius 2 is 1.93 bits per heavy atom. The molecular formula is C20H21N7S. The van der Waals surface area contributed by atoms with Gasteiger partial charge in [0.15, 0.2) is 17.4 Å². The molecule has 4 rings (SSSR count). The zero-order valence-electron chi connectivity index (χ0n) is 15.5. The van der Waals surface area contributed by atoms with Crippen LogP contribution in [-0.2, 0) is 13.1 Å². The van der Waals surface area contributed by atoms with Gasteiger partial charge in [0.1, 0.15) is 5.01 Å². The summed E-state index contributed by atoms with van der Waals surface area (Å²) in [5.74, 6) is 1.56. The van der Waals surface area contributed by atoms with Crippen molar-refractivity contribution >= 4 is 22.9 Å². The van der Waals surface area contributed by atoms with Gasteiger partial charge in [0.25, 0.3) is 0 Å². The number of aromatic nitrogens is 4. The quantitative estimate of drug-likeness (QED) is 0.390. The molecule has 0 saturated carbocycles. The molecule has 0 saturated heterocycles. The molecule has 0 amide bonds. The van der Waals surface area contributed by atoms with E-state index in [4.69, 9.17) is 4.98 Å². The fourth-order valence-electron chi connectivity index (χ4n) is 2.77. The van der Waals surface area contributed by atoms with Gasteiger partial charge in [-0.3, -0.25) is 4.40 Å². The van der Waals surface area contributed by atoms with E-state index in [1.165, 1.54) is 0 Å². The molecule has 2 N–H and O–H groups in total. The number of aliphatic imine (C=N–C) groups is 1. The highest BCUT2D eigenvalue weighted by molar-refractivity contribution is 7.13. The summed E-state index contributed by atoms with van der Waals surface area (Å²) in [7, 11) is 0. The molecule has 1 aromatic carbocycles. The van der Waals surface area contributed by atoms with Crippen molar-refractivity contribution in [3.8, 4) is 10.6 Å². The fraction of sp³-hybridized carbons (Fsp3) is 0.200. The second-order valence-corrected chi connectivity index (χ2v) is 6.96. The van der Waals surface area contributed by atoms with Crippen molar-refractivity contribution in [3.63, 3.8) is 0 Å². The molecule has 4 aromatic rings. The number of nitrogens with zero attached hydrogens (tertiary/aromatic N) is 5. The number of pyridine rings is 1. The first-order chi connectivity index (χ1) is 13.8. The lowest BCUT2D eigenvalue weighted by Crippen LogP contribution is -2.37. The topological polar surface area (TPSA) is 79.5 Å². The van der Waals surface area contributed by atoms with Gasteiger partial charge in [-0.15, -0.1) is 21.5 Å². The summed E-state index contributed by atoms with van der Waals surface area (Å²) in [5, 5.41) is 18.1. The summed E-state index contributed by atoms with van der Waals surface area (Å²) in [6.07, 6.45) is 1.96. The van der Waals surface area contributed by atoms with E-state index in [1.54, 1.807) is 11.3 Å². The zero-order valence-corrected chi connectivity index (χ0v) is 16.4. The van der Waals surface area contributed by atoms with E-state index in [0.29, 0.717) is 13.1 Å². The van der Waals surface area contributed by atoms with Crippen LogP contribution in [0.3, 0.4) is 0 Å². The third-order valence-corrected chi connectivity index (χ3v) is 5.05. The SMILES string of the molecule is CCNC(=NCc1csc(-c2ccccc2)n1)NCc1nnc2ccccn12. The molecular weight excluding hydrogens is 370 g/mol.